The summed E-state index contributed by atoms with van der Waals surface area (Å²) in [5, 5.41) is 7.67. The van der Waals surface area contributed by atoms with Gasteiger partial charge in [0.2, 0.25) is 5.91 Å². The molecular weight excluding hydrogens is 316 g/mol. The first-order valence-electron chi connectivity index (χ1n) is 8.37. The molecular formula is C19H20N4O2. The minimum Gasteiger partial charge on any atom is -0.379 e. The number of carbonyl (C=O) groups excluding carboxylic acids is 1. The summed E-state index contributed by atoms with van der Waals surface area (Å²) in [6, 6.07) is 12.2. The molecule has 25 heavy (non-hydrogen) atoms. The number of rotatable bonds is 4. The number of morpholine rings is 1. The molecule has 128 valence electrons. The maximum absolute atomic E-state index is 11.7. The van der Waals surface area contributed by atoms with Crippen molar-refractivity contribution in [3.63, 3.8) is 0 Å². The van der Waals surface area contributed by atoms with Crippen LogP contribution in [0.2, 0.25) is 0 Å². The van der Waals surface area contributed by atoms with Gasteiger partial charge in [-0.2, -0.15) is 5.10 Å². The highest BCUT2D eigenvalue weighted by Gasteiger charge is 2.13. The van der Waals surface area contributed by atoms with Crippen molar-refractivity contribution in [2.45, 2.75) is 6.54 Å². The lowest BCUT2D eigenvalue weighted by Gasteiger charge is -2.26. The predicted molar refractivity (Wildman–Crippen MR) is 96.1 cm³/mol. The molecule has 2 aromatic carbocycles. The fourth-order valence-electron chi connectivity index (χ4n) is 3.24. The molecule has 0 saturated carbocycles. The van der Waals surface area contributed by atoms with Crippen LogP contribution in [0.4, 0.5) is 0 Å². The summed E-state index contributed by atoms with van der Waals surface area (Å²) in [5.74, 6) is -0.447. The molecule has 3 aromatic rings. The molecule has 0 unspecified atom stereocenters. The van der Waals surface area contributed by atoms with Gasteiger partial charge >= 0.3 is 0 Å². The summed E-state index contributed by atoms with van der Waals surface area (Å²) in [4.78, 5) is 14.1. The molecule has 0 bridgehead atoms. The maximum Gasteiger partial charge on any atom is 0.249 e. The number of ether oxygens (including phenoxy) is 1. The van der Waals surface area contributed by atoms with Crippen LogP contribution in [-0.4, -0.2) is 47.3 Å². The molecule has 1 fully saturated rings. The van der Waals surface area contributed by atoms with Crippen LogP contribution in [0, 0.1) is 0 Å². The number of hydrogen-bond donors (Lipinski definition) is 2. The lowest BCUT2D eigenvalue weighted by Crippen LogP contribution is -2.35. The predicted octanol–water partition coefficient (Wildman–Crippen LogP) is 2.16. The number of nitrogens with two attached hydrogens (primary N) is 1. The Labute approximate surface area is 145 Å². The van der Waals surface area contributed by atoms with Crippen molar-refractivity contribution in [1.29, 1.82) is 0 Å². The van der Waals surface area contributed by atoms with Crippen molar-refractivity contribution in [2.75, 3.05) is 26.3 Å². The van der Waals surface area contributed by atoms with E-state index in [1.807, 2.05) is 12.1 Å². The zero-order valence-electron chi connectivity index (χ0n) is 13.9. The highest BCUT2D eigenvalue weighted by Crippen LogP contribution is 2.27. The summed E-state index contributed by atoms with van der Waals surface area (Å²) >= 11 is 0. The quantitative estimate of drug-likeness (QED) is 0.765. The second kappa shape index (κ2) is 6.66. The van der Waals surface area contributed by atoms with Gasteiger partial charge in [0.15, 0.2) is 0 Å². The van der Waals surface area contributed by atoms with Crippen molar-refractivity contribution in [3.8, 4) is 11.1 Å². The van der Waals surface area contributed by atoms with Crippen LogP contribution >= 0.6 is 0 Å². The maximum atomic E-state index is 11.7. The van der Waals surface area contributed by atoms with Gasteiger partial charge in [-0.3, -0.25) is 14.8 Å². The molecule has 1 amide bonds. The first-order valence-corrected chi connectivity index (χ1v) is 8.37. The Hall–Kier alpha value is -2.70. The molecule has 6 nitrogen and oxygen atoms in total. The lowest BCUT2D eigenvalue weighted by molar-refractivity contribution is 0.0342. The SMILES string of the molecule is NC(=O)c1cc(-c2ccc(CN3CCOCC3)cc2)cc2[nH]ncc12. The molecule has 3 N–H and O–H groups in total. The van der Waals surface area contributed by atoms with Crippen LogP contribution in [0.5, 0.6) is 0 Å². The normalized spacial score (nSPS) is 15.5. The zero-order valence-corrected chi connectivity index (χ0v) is 13.9. The lowest BCUT2D eigenvalue weighted by atomic mass is 9.99. The van der Waals surface area contributed by atoms with Gasteiger partial charge in [0.25, 0.3) is 0 Å². The van der Waals surface area contributed by atoms with Crippen molar-refractivity contribution in [1.82, 2.24) is 15.1 Å². The number of aromatic nitrogens is 2. The van der Waals surface area contributed by atoms with Gasteiger partial charge in [0.1, 0.15) is 0 Å². The van der Waals surface area contributed by atoms with E-state index in [4.69, 9.17) is 10.5 Å². The van der Waals surface area contributed by atoms with E-state index in [1.165, 1.54) is 5.56 Å². The minimum atomic E-state index is -0.447. The van der Waals surface area contributed by atoms with Crippen molar-refractivity contribution < 1.29 is 9.53 Å². The smallest absolute Gasteiger partial charge is 0.249 e. The average molecular weight is 336 g/mol. The van der Waals surface area contributed by atoms with E-state index in [9.17, 15) is 4.79 Å². The Morgan fingerprint density at radius 1 is 1.16 bits per heavy atom. The summed E-state index contributed by atoms with van der Waals surface area (Å²) in [6.07, 6.45) is 1.63. The van der Waals surface area contributed by atoms with Gasteiger partial charge in [0, 0.05) is 25.0 Å². The molecule has 4 rings (SSSR count). The van der Waals surface area contributed by atoms with E-state index in [2.05, 4.69) is 39.4 Å². The van der Waals surface area contributed by atoms with E-state index >= 15 is 0 Å². The van der Waals surface area contributed by atoms with E-state index in [0.717, 1.165) is 54.9 Å². The van der Waals surface area contributed by atoms with E-state index in [-0.39, 0.29) is 0 Å². The zero-order chi connectivity index (χ0) is 17.2. The van der Waals surface area contributed by atoms with Crippen molar-refractivity contribution >= 4 is 16.8 Å². The largest absolute Gasteiger partial charge is 0.379 e. The summed E-state index contributed by atoms with van der Waals surface area (Å²) in [7, 11) is 0. The molecule has 1 saturated heterocycles. The molecule has 6 heteroatoms. The molecule has 0 spiro atoms. The van der Waals surface area contributed by atoms with Gasteiger partial charge in [0.05, 0.1) is 30.5 Å². The number of amides is 1. The molecule has 2 heterocycles. The summed E-state index contributed by atoms with van der Waals surface area (Å²) < 4.78 is 5.39. The fourth-order valence-corrected chi connectivity index (χ4v) is 3.24. The fraction of sp³-hybridized carbons (Fsp3) is 0.263. The van der Waals surface area contributed by atoms with Crippen LogP contribution in [0.25, 0.3) is 22.0 Å². The molecule has 1 aliphatic heterocycles. The molecule has 1 aromatic heterocycles. The topological polar surface area (TPSA) is 84.2 Å². The number of nitrogens with one attached hydrogen (secondary N) is 1. The Bertz CT molecular complexity index is 895. The van der Waals surface area contributed by atoms with Crippen LogP contribution in [0.15, 0.2) is 42.6 Å². The third kappa shape index (κ3) is 3.26. The summed E-state index contributed by atoms with van der Waals surface area (Å²) in [6.45, 7) is 4.48. The van der Waals surface area contributed by atoms with Crippen molar-refractivity contribution in [3.05, 3.63) is 53.7 Å². The first kappa shape index (κ1) is 15.8. The molecule has 1 aliphatic rings. The highest BCUT2D eigenvalue weighted by atomic mass is 16.5. The van der Waals surface area contributed by atoms with Crippen LogP contribution in [-0.2, 0) is 11.3 Å². The monoisotopic (exact) mass is 336 g/mol. The van der Waals surface area contributed by atoms with Gasteiger partial charge < -0.3 is 10.5 Å². The number of benzene rings is 2. The first-order chi connectivity index (χ1) is 12.2. The highest BCUT2D eigenvalue weighted by molar-refractivity contribution is 6.07. The number of nitrogens with zero attached hydrogens (tertiary/aromatic N) is 2. The number of aromatic amines is 1. The summed E-state index contributed by atoms with van der Waals surface area (Å²) in [5.41, 5.74) is 10.1. The second-order valence-electron chi connectivity index (χ2n) is 6.30. The minimum absolute atomic E-state index is 0.447. The second-order valence-corrected chi connectivity index (χ2v) is 6.30. The number of H-pyrrole nitrogens is 1. The molecule has 0 atom stereocenters. The van der Waals surface area contributed by atoms with Crippen LogP contribution in [0.1, 0.15) is 15.9 Å². The Morgan fingerprint density at radius 2 is 1.92 bits per heavy atom. The Balaban J connectivity index is 1.61. The Morgan fingerprint density at radius 3 is 2.64 bits per heavy atom. The number of carbonyl (C=O) groups is 1. The van der Waals surface area contributed by atoms with Crippen LogP contribution < -0.4 is 5.73 Å². The number of primary amides is 1. The standard InChI is InChI=1S/C19H20N4O2/c20-19(24)16-9-15(10-18-17(16)11-21-22-18)14-3-1-13(2-4-14)12-23-5-7-25-8-6-23/h1-4,9-11H,5-8,12H2,(H2,20,24)(H,21,22). The van der Waals surface area contributed by atoms with E-state index in [0.29, 0.717) is 5.56 Å². The molecule has 0 aliphatic carbocycles. The van der Waals surface area contributed by atoms with Gasteiger partial charge in [-0.1, -0.05) is 24.3 Å². The number of fused-ring (bicyclic) bond motifs is 1. The van der Waals surface area contributed by atoms with Gasteiger partial charge in [-0.15, -0.1) is 0 Å². The van der Waals surface area contributed by atoms with Crippen molar-refractivity contribution in [2.24, 2.45) is 5.73 Å². The third-order valence-corrected chi connectivity index (χ3v) is 4.62. The average Bonchev–Trinajstić information content (AvgIpc) is 3.11. The van der Waals surface area contributed by atoms with Gasteiger partial charge in [-0.25, -0.2) is 0 Å². The Kier molecular flexibility index (Phi) is 4.21. The van der Waals surface area contributed by atoms with Gasteiger partial charge in [-0.05, 0) is 28.8 Å². The number of hydrogen-bond acceptors (Lipinski definition) is 4. The van der Waals surface area contributed by atoms with E-state index < -0.39 is 5.91 Å². The van der Waals surface area contributed by atoms with Crippen LogP contribution in [0.3, 0.4) is 0 Å². The third-order valence-electron chi connectivity index (χ3n) is 4.62. The van der Waals surface area contributed by atoms with E-state index in [1.54, 1.807) is 6.20 Å². The molecule has 0 radical (unpaired) electrons.